The van der Waals surface area contributed by atoms with Gasteiger partial charge in [0, 0.05) is 0 Å². The number of hydrogen-bond donors (Lipinski definition) is 1. The highest BCUT2D eigenvalue weighted by Crippen LogP contribution is 2.23. The zero-order valence-electron chi connectivity index (χ0n) is 9.44. The van der Waals surface area contributed by atoms with Gasteiger partial charge >= 0.3 is 0 Å². The molecule has 0 fully saturated rings. The van der Waals surface area contributed by atoms with Gasteiger partial charge in [0.1, 0.15) is 0 Å². The minimum atomic E-state index is -0.599. The highest BCUT2D eigenvalue weighted by molar-refractivity contribution is 5.29. The summed E-state index contributed by atoms with van der Waals surface area (Å²) in [6.45, 7) is 5.84. The Morgan fingerprint density at radius 3 is 2.13 bits per heavy atom. The summed E-state index contributed by atoms with van der Waals surface area (Å²) in [5.74, 6) is -0.332. The van der Waals surface area contributed by atoms with Gasteiger partial charge in [-0.15, -0.1) is 0 Å². The van der Waals surface area contributed by atoms with Crippen LogP contribution in [0.15, 0.2) is 24.3 Å². The van der Waals surface area contributed by atoms with Crippen molar-refractivity contribution in [3.05, 3.63) is 35.4 Å². The Hall–Kier alpha value is -1.33. The van der Waals surface area contributed by atoms with Crippen LogP contribution >= 0.6 is 0 Å². The van der Waals surface area contributed by atoms with Crippen molar-refractivity contribution in [2.75, 3.05) is 0 Å². The topological polar surface area (TPSA) is 44.0 Å². The lowest BCUT2D eigenvalue weighted by Gasteiger charge is -2.20. The van der Waals surface area contributed by atoms with E-state index in [0.717, 1.165) is 11.1 Å². The van der Waals surface area contributed by atoms with Gasteiger partial charge in [0.2, 0.25) is 0 Å². The summed E-state index contributed by atoms with van der Waals surface area (Å²) in [6, 6.07) is 9.92. The Morgan fingerprint density at radius 2 is 1.73 bits per heavy atom. The molecule has 2 heteroatoms. The van der Waals surface area contributed by atoms with Crippen LogP contribution in [0.5, 0.6) is 0 Å². The van der Waals surface area contributed by atoms with E-state index in [2.05, 4.69) is 6.07 Å². The molecule has 0 aliphatic carbocycles. The van der Waals surface area contributed by atoms with Gasteiger partial charge in [0.15, 0.2) is 0 Å². The Balaban J connectivity index is 2.94. The van der Waals surface area contributed by atoms with Gasteiger partial charge in [-0.05, 0) is 18.4 Å². The van der Waals surface area contributed by atoms with E-state index in [9.17, 15) is 5.11 Å². The second-order valence-corrected chi connectivity index (χ2v) is 4.25. The molecule has 1 N–H and O–H groups in total. The van der Waals surface area contributed by atoms with Gasteiger partial charge in [-0.2, -0.15) is 5.26 Å². The van der Waals surface area contributed by atoms with Crippen LogP contribution in [0.1, 0.15) is 30.9 Å². The van der Waals surface area contributed by atoms with Crippen molar-refractivity contribution in [2.45, 2.75) is 32.8 Å². The molecule has 0 aliphatic heterocycles. The summed E-state index contributed by atoms with van der Waals surface area (Å²) in [5.41, 5.74) is 2.05. The number of nitriles is 1. The van der Waals surface area contributed by atoms with E-state index < -0.39 is 12.0 Å². The zero-order chi connectivity index (χ0) is 11.4. The minimum absolute atomic E-state index is 0.0935. The van der Waals surface area contributed by atoms with E-state index >= 15 is 0 Å². The first kappa shape index (κ1) is 11.7. The fraction of sp³-hybridized carbons (Fsp3) is 0.462. The Kier molecular flexibility index (Phi) is 3.88. The van der Waals surface area contributed by atoms with Crippen LogP contribution < -0.4 is 0 Å². The molecule has 2 atom stereocenters. The maximum atomic E-state index is 9.89. The number of aliphatic hydroxyl groups is 1. The summed E-state index contributed by atoms with van der Waals surface area (Å²) in [6.07, 6.45) is -0.599. The number of aliphatic hydroxyl groups excluding tert-OH is 1. The van der Waals surface area contributed by atoms with E-state index in [1.54, 1.807) is 0 Å². The van der Waals surface area contributed by atoms with E-state index in [1.165, 1.54) is 0 Å². The molecule has 0 aromatic heterocycles. The van der Waals surface area contributed by atoms with Crippen molar-refractivity contribution in [1.82, 2.24) is 0 Å². The summed E-state index contributed by atoms with van der Waals surface area (Å²) in [5, 5.41) is 18.9. The van der Waals surface area contributed by atoms with Crippen LogP contribution in [-0.4, -0.2) is 11.2 Å². The monoisotopic (exact) mass is 203 g/mol. The molecule has 0 amide bonds. The lowest BCUT2D eigenvalue weighted by atomic mass is 9.88. The fourth-order valence-corrected chi connectivity index (χ4v) is 1.51. The molecule has 0 saturated carbocycles. The van der Waals surface area contributed by atoms with Crippen molar-refractivity contribution in [3.8, 4) is 6.07 Å². The van der Waals surface area contributed by atoms with Crippen molar-refractivity contribution in [1.29, 1.82) is 5.26 Å². The molecule has 0 heterocycles. The van der Waals surface area contributed by atoms with Crippen molar-refractivity contribution in [3.63, 3.8) is 0 Å². The molecule has 0 saturated heterocycles. The molecular formula is C13H17NO. The maximum Gasteiger partial charge on any atom is 0.0974 e. The fourth-order valence-electron chi connectivity index (χ4n) is 1.51. The molecule has 0 radical (unpaired) electrons. The van der Waals surface area contributed by atoms with E-state index in [-0.39, 0.29) is 5.92 Å². The predicted octanol–water partition coefficient (Wildman–Crippen LogP) is 2.62. The van der Waals surface area contributed by atoms with Crippen LogP contribution in [0.3, 0.4) is 0 Å². The quantitative estimate of drug-likeness (QED) is 0.820. The molecule has 0 bridgehead atoms. The summed E-state index contributed by atoms with van der Waals surface area (Å²) >= 11 is 0. The van der Waals surface area contributed by atoms with E-state index in [0.29, 0.717) is 0 Å². The summed E-state index contributed by atoms with van der Waals surface area (Å²) in [4.78, 5) is 0. The lowest BCUT2D eigenvalue weighted by Crippen LogP contribution is -2.23. The normalized spacial score (nSPS) is 14.7. The molecule has 1 aromatic carbocycles. The van der Waals surface area contributed by atoms with Crippen LogP contribution in [0, 0.1) is 24.2 Å². The second kappa shape index (κ2) is 4.95. The third kappa shape index (κ3) is 2.81. The molecule has 1 aromatic rings. The third-order valence-electron chi connectivity index (χ3n) is 2.60. The Labute approximate surface area is 91.2 Å². The first-order valence-corrected chi connectivity index (χ1v) is 5.20. The van der Waals surface area contributed by atoms with Gasteiger partial charge in [-0.25, -0.2) is 0 Å². The van der Waals surface area contributed by atoms with Crippen molar-refractivity contribution in [2.24, 2.45) is 5.92 Å². The number of nitrogens with zero attached hydrogens (tertiary/aromatic N) is 1. The van der Waals surface area contributed by atoms with Crippen molar-refractivity contribution >= 4 is 0 Å². The SMILES string of the molecule is Cc1ccc(C(C#N)C(O)C(C)C)cc1. The van der Waals surface area contributed by atoms with Gasteiger partial charge in [0.25, 0.3) is 0 Å². The van der Waals surface area contributed by atoms with Crippen molar-refractivity contribution < 1.29 is 5.11 Å². The summed E-state index contributed by atoms with van der Waals surface area (Å²) < 4.78 is 0. The molecule has 2 unspecified atom stereocenters. The average molecular weight is 203 g/mol. The molecule has 0 aliphatic rings. The largest absolute Gasteiger partial charge is 0.391 e. The van der Waals surface area contributed by atoms with Crippen LogP contribution in [-0.2, 0) is 0 Å². The molecule has 2 nitrogen and oxygen atoms in total. The van der Waals surface area contributed by atoms with Gasteiger partial charge in [0.05, 0.1) is 18.1 Å². The first-order valence-electron chi connectivity index (χ1n) is 5.20. The lowest BCUT2D eigenvalue weighted by molar-refractivity contribution is 0.113. The summed E-state index contributed by atoms with van der Waals surface area (Å²) in [7, 11) is 0. The average Bonchev–Trinajstić information content (AvgIpc) is 2.21. The third-order valence-corrected chi connectivity index (χ3v) is 2.60. The van der Waals surface area contributed by atoms with Gasteiger partial charge < -0.3 is 5.11 Å². The minimum Gasteiger partial charge on any atom is -0.391 e. The number of hydrogen-bond acceptors (Lipinski definition) is 2. The highest BCUT2D eigenvalue weighted by atomic mass is 16.3. The molecule has 1 rings (SSSR count). The smallest absolute Gasteiger partial charge is 0.0974 e. The highest BCUT2D eigenvalue weighted by Gasteiger charge is 2.23. The van der Waals surface area contributed by atoms with Crippen LogP contribution in [0.4, 0.5) is 0 Å². The molecule has 80 valence electrons. The maximum absolute atomic E-state index is 9.89. The van der Waals surface area contributed by atoms with Gasteiger partial charge in [-0.1, -0.05) is 43.7 Å². The van der Waals surface area contributed by atoms with Crippen LogP contribution in [0.2, 0.25) is 0 Å². The van der Waals surface area contributed by atoms with Gasteiger partial charge in [-0.3, -0.25) is 0 Å². The van der Waals surface area contributed by atoms with Crippen LogP contribution in [0.25, 0.3) is 0 Å². The van der Waals surface area contributed by atoms with E-state index in [1.807, 2.05) is 45.0 Å². The Bertz CT molecular complexity index is 348. The molecule has 0 spiro atoms. The standard InChI is InChI=1S/C13H17NO/c1-9(2)13(15)12(8-14)11-6-4-10(3)5-7-11/h4-7,9,12-13,15H,1-3H3. The molecular weight excluding hydrogens is 186 g/mol. The molecule has 15 heavy (non-hydrogen) atoms. The predicted molar refractivity (Wildman–Crippen MR) is 60.4 cm³/mol. The number of aryl methyl sites for hydroxylation is 1. The number of benzene rings is 1. The Morgan fingerprint density at radius 1 is 1.20 bits per heavy atom. The second-order valence-electron chi connectivity index (χ2n) is 4.25. The zero-order valence-corrected chi connectivity index (χ0v) is 9.44. The van der Waals surface area contributed by atoms with E-state index in [4.69, 9.17) is 5.26 Å². The number of rotatable bonds is 3. The first-order chi connectivity index (χ1) is 7.06.